The van der Waals surface area contributed by atoms with Crippen molar-refractivity contribution in [3.8, 4) is 0 Å². The number of nitrogens with zero attached hydrogens (tertiary/aromatic N) is 2. The molecular formula is C20H25N3O3. The average molecular weight is 355 g/mol. The Kier molecular flexibility index (Phi) is 4.38. The number of hydrogen-bond donors (Lipinski definition) is 2. The van der Waals surface area contributed by atoms with Crippen LogP contribution in [0.3, 0.4) is 0 Å². The summed E-state index contributed by atoms with van der Waals surface area (Å²) in [7, 11) is 0. The Hall–Kier alpha value is -1.57. The second-order valence-corrected chi connectivity index (χ2v) is 7.54. The molecule has 0 saturated carbocycles. The van der Waals surface area contributed by atoms with Crippen molar-refractivity contribution in [1.82, 2.24) is 15.2 Å². The van der Waals surface area contributed by atoms with Gasteiger partial charge in [0.25, 0.3) is 0 Å². The minimum Gasteiger partial charge on any atom is -0.390 e. The number of aliphatic hydroxyl groups excluding tert-OH is 1. The Labute approximate surface area is 153 Å². The molecule has 138 valence electrons. The van der Waals surface area contributed by atoms with Crippen molar-refractivity contribution >= 4 is 10.9 Å². The second-order valence-electron chi connectivity index (χ2n) is 7.54. The Morgan fingerprint density at radius 3 is 2.96 bits per heavy atom. The van der Waals surface area contributed by atoms with Crippen LogP contribution in [0.25, 0.3) is 10.9 Å². The number of nitrogens with one attached hydrogen (secondary N) is 1. The molecule has 6 heteroatoms. The van der Waals surface area contributed by atoms with Crippen LogP contribution in [0, 0.1) is 0 Å². The van der Waals surface area contributed by atoms with E-state index in [1.54, 1.807) is 0 Å². The number of benzene rings is 1. The van der Waals surface area contributed by atoms with Crippen LogP contribution in [-0.2, 0) is 16.0 Å². The smallest absolute Gasteiger partial charge is 0.176 e. The van der Waals surface area contributed by atoms with Crippen LogP contribution in [-0.4, -0.2) is 65.3 Å². The summed E-state index contributed by atoms with van der Waals surface area (Å²) >= 11 is 0. The van der Waals surface area contributed by atoms with Gasteiger partial charge in [-0.2, -0.15) is 0 Å². The minimum atomic E-state index is -0.493. The third-order valence-corrected chi connectivity index (χ3v) is 5.88. The van der Waals surface area contributed by atoms with Crippen molar-refractivity contribution in [3.05, 3.63) is 42.1 Å². The predicted molar refractivity (Wildman–Crippen MR) is 97.6 cm³/mol. The van der Waals surface area contributed by atoms with Crippen LogP contribution in [0.4, 0.5) is 0 Å². The van der Waals surface area contributed by atoms with Gasteiger partial charge in [-0.3, -0.25) is 9.88 Å². The number of rotatable bonds is 4. The molecule has 0 amide bonds. The Bertz CT molecular complexity index is 778. The number of aromatic nitrogens is 1. The number of ether oxygens (including phenoxy) is 2. The molecule has 6 nitrogen and oxygen atoms in total. The molecular weight excluding hydrogens is 330 g/mol. The number of para-hydroxylation sites is 1. The molecule has 1 aromatic heterocycles. The highest BCUT2D eigenvalue weighted by molar-refractivity contribution is 5.78. The predicted octanol–water partition coefficient (Wildman–Crippen LogP) is 1.27. The summed E-state index contributed by atoms with van der Waals surface area (Å²) in [4.78, 5) is 6.85. The highest BCUT2D eigenvalue weighted by Crippen LogP contribution is 2.33. The van der Waals surface area contributed by atoms with Gasteiger partial charge in [0.2, 0.25) is 0 Å². The summed E-state index contributed by atoms with van der Waals surface area (Å²) in [5.41, 5.74) is 2.10. The molecule has 3 saturated heterocycles. The molecule has 5 atom stereocenters. The standard InChI is InChI=1S/C20H25N3O3/c24-19-17(16-12-25-20(26-16)18(19)23-7-3-4-8-23)22-11-13-9-14-5-1-2-6-15(14)21-10-13/h1-2,5-6,9-10,16-20,22,24H,3-4,7-8,11-12H2/t16-,17-,18+,19-,20+/m0/s1. The second kappa shape index (κ2) is 6.87. The third kappa shape index (κ3) is 2.92. The van der Waals surface area contributed by atoms with Crippen LogP contribution < -0.4 is 5.32 Å². The number of likely N-dealkylation sites (tertiary alicyclic amines) is 1. The van der Waals surface area contributed by atoms with Gasteiger partial charge in [0, 0.05) is 18.1 Å². The highest BCUT2D eigenvalue weighted by atomic mass is 16.7. The molecule has 4 heterocycles. The quantitative estimate of drug-likeness (QED) is 0.861. The zero-order valence-electron chi connectivity index (χ0n) is 14.8. The van der Waals surface area contributed by atoms with Gasteiger partial charge in [-0.15, -0.1) is 0 Å². The largest absolute Gasteiger partial charge is 0.390 e. The van der Waals surface area contributed by atoms with Gasteiger partial charge in [-0.25, -0.2) is 0 Å². The first-order valence-electron chi connectivity index (χ1n) is 9.56. The summed E-state index contributed by atoms with van der Waals surface area (Å²) in [5, 5.41) is 15.7. The molecule has 5 rings (SSSR count). The Morgan fingerprint density at radius 1 is 1.23 bits per heavy atom. The number of fused-ring (bicyclic) bond motifs is 3. The van der Waals surface area contributed by atoms with Crippen molar-refractivity contribution in [2.24, 2.45) is 0 Å². The van der Waals surface area contributed by atoms with E-state index in [1.165, 1.54) is 12.8 Å². The fourth-order valence-electron chi connectivity index (χ4n) is 4.53. The Balaban J connectivity index is 1.32. The maximum absolute atomic E-state index is 11.0. The van der Waals surface area contributed by atoms with Gasteiger partial charge in [-0.05, 0) is 43.6 Å². The fraction of sp³-hybridized carbons (Fsp3) is 0.550. The first kappa shape index (κ1) is 16.6. The summed E-state index contributed by atoms with van der Waals surface area (Å²) in [5.74, 6) is 0. The van der Waals surface area contributed by atoms with E-state index < -0.39 is 6.10 Å². The lowest BCUT2D eigenvalue weighted by Crippen LogP contribution is -2.63. The van der Waals surface area contributed by atoms with Gasteiger partial charge < -0.3 is 19.9 Å². The van der Waals surface area contributed by atoms with Gasteiger partial charge in [-0.1, -0.05) is 18.2 Å². The van der Waals surface area contributed by atoms with Crippen LogP contribution in [0.5, 0.6) is 0 Å². The van der Waals surface area contributed by atoms with E-state index in [2.05, 4.69) is 27.3 Å². The van der Waals surface area contributed by atoms with E-state index in [0.29, 0.717) is 13.2 Å². The number of pyridine rings is 1. The number of hydrogen-bond acceptors (Lipinski definition) is 6. The van der Waals surface area contributed by atoms with Gasteiger partial charge >= 0.3 is 0 Å². The van der Waals surface area contributed by atoms with Gasteiger partial charge in [0.05, 0.1) is 30.3 Å². The summed E-state index contributed by atoms with van der Waals surface area (Å²) in [6, 6.07) is 10.0. The molecule has 0 unspecified atom stereocenters. The third-order valence-electron chi connectivity index (χ3n) is 5.88. The maximum atomic E-state index is 11.0. The first-order chi connectivity index (χ1) is 12.8. The first-order valence-corrected chi connectivity index (χ1v) is 9.56. The summed E-state index contributed by atoms with van der Waals surface area (Å²) in [6.45, 7) is 3.21. The van der Waals surface area contributed by atoms with Crippen molar-refractivity contribution in [2.75, 3.05) is 19.7 Å². The molecule has 0 spiro atoms. The summed E-state index contributed by atoms with van der Waals surface area (Å²) in [6.07, 6.45) is 3.38. The summed E-state index contributed by atoms with van der Waals surface area (Å²) < 4.78 is 11.9. The average Bonchev–Trinajstić information content (AvgIpc) is 3.33. The lowest BCUT2D eigenvalue weighted by atomic mass is 9.95. The molecule has 0 radical (unpaired) electrons. The fourth-order valence-corrected chi connectivity index (χ4v) is 4.53. The maximum Gasteiger partial charge on any atom is 0.176 e. The van der Waals surface area contributed by atoms with Crippen LogP contribution in [0.1, 0.15) is 18.4 Å². The lowest BCUT2D eigenvalue weighted by Gasteiger charge is -2.42. The minimum absolute atomic E-state index is 0.0801. The van der Waals surface area contributed by atoms with E-state index in [-0.39, 0.29) is 24.5 Å². The molecule has 2 N–H and O–H groups in total. The molecule has 26 heavy (non-hydrogen) atoms. The molecule has 3 aliphatic heterocycles. The topological polar surface area (TPSA) is 66.8 Å². The normalized spacial score (nSPS) is 34.6. The van der Waals surface area contributed by atoms with Crippen LogP contribution >= 0.6 is 0 Å². The zero-order chi connectivity index (χ0) is 17.5. The number of aliphatic hydroxyl groups is 1. The highest BCUT2D eigenvalue weighted by Gasteiger charge is 2.52. The van der Waals surface area contributed by atoms with Crippen LogP contribution in [0.2, 0.25) is 0 Å². The molecule has 2 bridgehead atoms. The van der Waals surface area contributed by atoms with Crippen molar-refractivity contribution in [2.45, 2.75) is 50.0 Å². The SMILES string of the molecule is O[C@H]1[C@@H](NCc2cnc3ccccc3c2)[C@@H]2CO[C@H](O2)[C@@H]1N1CCCC1. The zero-order valence-corrected chi connectivity index (χ0v) is 14.8. The van der Waals surface area contributed by atoms with Gasteiger partial charge in [0.1, 0.15) is 6.10 Å². The van der Waals surface area contributed by atoms with E-state index in [1.807, 2.05) is 24.4 Å². The van der Waals surface area contributed by atoms with E-state index in [9.17, 15) is 5.11 Å². The lowest BCUT2D eigenvalue weighted by molar-refractivity contribution is -0.179. The van der Waals surface area contributed by atoms with E-state index in [0.717, 1.165) is 29.6 Å². The molecule has 2 aromatic rings. The van der Waals surface area contributed by atoms with Crippen LogP contribution in [0.15, 0.2) is 36.5 Å². The molecule has 3 fully saturated rings. The van der Waals surface area contributed by atoms with E-state index >= 15 is 0 Å². The molecule has 3 aliphatic rings. The Morgan fingerprint density at radius 2 is 2.08 bits per heavy atom. The van der Waals surface area contributed by atoms with Crippen molar-refractivity contribution in [1.29, 1.82) is 0 Å². The van der Waals surface area contributed by atoms with E-state index in [4.69, 9.17) is 9.47 Å². The van der Waals surface area contributed by atoms with Gasteiger partial charge in [0.15, 0.2) is 6.29 Å². The monoisotopic (exact) mass is 355 g/mol. The molecule has 1 aromatic carbocycles. The van der Waals surface area contributed by atoms with Crippen molar-refractivity contribution in [3.63, 3.8) is 0 Å². The molecule has 0 aliphatic carbocycles. The van der Waals surface area contributed by atoms with Crippen molar-refractivity contribution < 1.29 is 14.6 Å².